The highest BCUT2D eigenvalue weighted by molar-refractivity contribution is 7.91. The number of carbonyl (C=O) groups excluding carboxylic acids is 1. The van der Waals surface area contributed by atoms with Gasteiger partial charge < -0.3 is 4.74 Å². The van der Waals surface area contributed by atoms with E-state index in [1.54, 1.807) is 0 Å². The summed E-state index contributed by atoms with van der Waals surface area (Å²) in [5.41, 5.74) is 0.622. The van der Waals surface area contributed by atoms with Crippen LogP contribution in [0.5, 0.6) is 0 Å². The second-order valence-corrected chi connectivity index (χ2v) is 8.45. The third kappa shape index (κ3) is 6.23. The second-order valence-electron chi connectivity index (χ2n) is 4.42. The summed E-state index contributed by atoms with van der Waals surface area (Å²) in [5, 5.41) is 0. The normalized spacial score (nSPS) is 12.1. The lowest BCUT2D eigenvalue weighted by molar-refractivity contribution is -0.139. The predicted molar refractivity (Wildman–Crippen MR) is 77.1 cm³/mol. The zero-order valence-corrected chi connectivity index (χ0v) is 13.3. The van der Waals surface area contributed by atoms with Crippen molar-refractivity contribution in [1.29, 1.82) is 0 Å². The Hall–Kier alpha value is -1.45. The quantitative estimate of drug-likeness (QED) is 0.687. The minimum Gasteiger partial charge on any atom is -0.469 e. The maximum atomic E-state index is 11.9. The number of hydrogen-bond acceptors (Lipinski definition) is 6. The van der Waals surface area contributed by atoms with Gasteiger partial charge >= 0.3 is 5.97 Å². The van der Waals surface area contributed by atoms with E-state index < -0.39 is 25.8 Å². The summed E-state index contributed by atoms with van der Waals surface area (Å²) in [6, 6.07) is 5.70. The van der Waals surface area contributed by atoms with Crippen LogP contribution < -0.4 is 4.72 Å². The number of esters is 1. The number of carbonyl (C=O) groups is 1. The van der Waals surface area contributed by atoms with Gasteiger partial charge in [0.05, 0.1) is 24.2 Å². The molecule has 0 saturated heterocycles. The summed E-state index contributed by atoms with van der Waals surface area (Å²) in [6.45, 7) is -0.189. The van der Waals surface area contributed by atoms with Gasteiger partial charge in [-0.3, -0.25) is 4.79 Å². The lowest BCUT2D eigenvalue weighted by Crippen LogP contribution is -2.28. The molecule has 0 radical (unpaired) electrons. The summed E-state index contributed by atoms with van der Waals surface area (Å²) in [6.07, 6.45) is 1.08. The number of sulfone groups is 1. The molecule has 0 saturated carbocycles. The Bertz CT molecular complexity index is 692. The SMILES string of the molecule is COC(=O)Cc1ccc(S(=O)(=O)NCCS(C)(=O)=O)cc1. The first kappa shape index (κ1) is 17.6. The van der Waals surface area contributed by atoms with Crippen LogP contribution in [-0.4, -0.2) is 48.5 Å². The number of methoxy groups -OCH3 is 1. The van der Waals surface area contributed by atoms with E-state index in [2.05, 4.69) is 9.46 Å². The molecule has 0 aliphatic heterocycles. The molecular weight excluding hydrogens is 318 g/mol. The second kappa shape index (κ2) is 7.01. The predicted octanol–water partition coefficient (Wildman–Crippen LogP) is -0.275. The fourth-order valence-corrected chi connectivity index (χ4v) is 3.10. The summed E-state index contributed by atoms with van der Waals surface area (Å²) in [7, 11) is -5.72. The Morgan fingerprint density at radius 3 is 2.19 bits per heavy atom. The molecule has 7 nitrogen and oxygen atoms in total. The van der Waals surface area contributed by atoms with Crippen molar-refractivity contribution in [2.75, 3.05) is 25.7 Å². The minimum absolute atomic E-state index is 0.00427. The first-order chi connectivity index (χ1) is 9.64. The average molecular weight is 335 g/mol. The molecule has 1 rings (SSSR count). The Labute approximate surface area is 124 Å². The smallest absolute Gasteiger partial charge is 0.309 e. The highest BCUT2D eigenvalue weighted by Gasteiger charge is 2.15. The molecule has 0 amide bonds. The molecule has 1 N–H and O–H groups in total. The van der Waals surface area contributed by atoms with Crippen molar-refractivity contribution in [3.05, 3.63) is 29.8 Å². The van der Waals surface area contributed by atoms with Crippen LogP contribution in [0.25, 0.3) is 0 Å². The Morgan fingerprint density at radius 1 is 1.14 bits per heavy atom. The molecule has 0 spiro atoms. The van der Waals surface area contributed by atoms with E-state index >= 15 is 0 Å². The van der Waals surface area contributed by atoms with Crippen LogP contribution >= 0.6 is 0 Å². The molecule has 0 aliphatic carbocycles. The van der Waals surface area contributed by atoms with Gasteiger partial charge in [0.1, 0.15) is 9.84 Å². The molecule has 0 unspecified atom stereocenters. The molecule has 9 heteroatoms. The molecule has 0 fully saturated rings. The first-order valence-electron chi connectivity index (χ1n) is 5.97. The van der Waals surface area contributed by atoms with Crippen LogP contribution in [0.15, 0.2) is 29.2 Å². The van der Waals surface area contributed by atoms with E-state index in [1.807, 2.05) is 0 Å². The average Bonchev–Trinajstić information content (AvgIpc) is 2.37. The maximum absolute atomic E-state index is 11.9. The Balaban J connectivity index is 2.73. The molecule has 21 heavy (non-hydrogen) atoms. The van der Waals surface area contributed by atoms with Gasteiger partial charge in [0.15, 0.2) is 0 Å². The number of nitrogens with one attached hydrogen (secondary N) is 1. The van der Waals surface area contributed by atoms with Crippen LogP contribution in [0, 0.1) is 0 Å². The maximum Gasteiger partial charge on any atom is 0.309 e. The number of benzene rings is 1. The third-order valence-electron chi connectivity index (χ3n) is 2.57. The van der Waals surface area contributed by atoms with E-state index in [-0.39, 0.29) is 23.6 Å². The minimum atomic E-state index is -3.76. The molecule has 1 aromatic carbocycles. The van der Waals surface area contributed by atoms with E-state index in [0.29, 0.717) is 5.56 Å². The number of hydrogen-bond donors (Lipinski definition) is 1. The monoisotopic (exact) mass is 335 g/mol. The van der Waals surface area contributed by atoms with Crippen LogP contribution in [0.3, 0.4) is 0 Å². The van der Waals surface area contributed by atoms with Gasteiger partial charge in [-0.2, -0.15) is 0 Å². The van der Waals surface area contributed by atoms with Crippen LogP contribution in [0.2, 0.25) is 0 Å². The zero-order valence-electron chi connectivity index (χ0n) is 11.7. The van der Waals surface area contributed by atoms with Gasteiger partial charge in [0.2, 0.25) is 10.0 Å². The molecule has 1 aromatic rings. The molecule has 0 aromatic heterocycles. The van der Waals surface area contributed by atoms with Crippen LogP contribution in [0.1, 0.15) is 5.56 Å². The summed E-state index contributed by atoms with van der Waals surface area (Å²) in [4.78, 5) is 11.1. The highest BCUT2D eigenvalue weighted by atomic mass is 32.2. The lowest BCUT2D eigenvalue weighted by atomic mass is 10.2. The van der Waals surface area contributed by atoms with Gasteiger partial charge in [-0.1, -0.05) is 12.1 Å². The fourth-order valence-electron chi connectivity index (χ4n) is 1.47. The van der Waals surface area contributed by atoms with Crippen molar-refractivity contribution in [3.63, 3.8) is 0 Å². The van der Waals surface area contributed by atoms with Crippen LogP contribution in [-0.2, 0) is 35.8 Å². The number of sulfonamides is 1. The van der Waals surface area contributed by atoms with Gasteiger partial charge in [-0.05, 0) is 17.7 Å². The van der Waals surface area contributed by atoms with Gasteiger partial charge in [0.25, 0.3) is 0 Å². The van der Waals surface area contributed by atoms with Crippen molar-refractivity contribution in [1.82, 2.24) is 4.72 Å². The summed E-state index contributed by atoms with van der Waals surface area (Å²) >= 11 is 0. The van der Waals surface area contributed by atoms with Crippen molar-refractivity contribution >= 4 is 25.8 Å². The fraction of sp³-hybridized carbons (Fsp3) is 0.417. The van der Waals surface area contributed by atoms with Crippen molar-refractivity contribution in [2.24, 2.45) is 0 Å². The van der Waals surface area contributed by atoms with Crippen molar-refractivity contribution in [2.45, 2.75) is 11.3 Å². The van der Waals surface area contributed by atoms with Crippen LogP contribution in [0.4, 0.5) is 0 Å². The standard InChI is InChI=1S/C12H17NO6S2/c1-19-12(14)9-10-3-5-11(6-4-10)21(17,18)13-7-8-20(2,15)16/h3-6,13H,7-9H2,1-2H3. The van der Waals surface area contributed by atoms with E-state index in [1.165, 1.54) is 31.4 Å². The van der Waals surface area contributed by atoms with Gasteiger partial charge in [0, 0.05) is 12.8 Å². The zero-order chi connectivity index (χ0) is 16.1. The van der Waals surface area contributed by atoms with Gasteiger partial charge in [-0.25, -0.2) is 21.6 Å². The lowest BCUT2D eigenvalue weighted by Gasteiger charge is -2.07. The summed E-state index contributed by atoms with van der Waals surface area (Å²) < 4.78 is 52.4. The largest absolute Gasteiger partial charge is 0.469 e. The van der Waals surface area contributed by atoms with E-state index in [4.69, 9.17) is 0 Å². The topological polar surface area (TPSA) is 107 Å². The highest BCUT2D eigenvalue weighted by Crippen LogP contribution is 2.11. The Morgan fingerprint density at radius 2 is 1.71 bits per heavy atom. The first-order valence-corrected chi connectivity index (χ1v) is 9.51. The molecule has 0 aliphatic rings. The molecule has 0 atom stereocenters. The van der Waals surface area contributed by atoms with Gasteiger partial charge in [-0.15, -0.1) is 0 Å². The van der Waals surface area contributed by atoms with E-state index in [9.17, 15) is 21.6 Å². The van der Waals surface area contributed by atoms with Crippen molar-refractivity contribution < 1.29 is 26.4 Å². The number of ether oxygens (including phenoxy) is 1. The Kier molecular flexibility index (Phi) is 5.87. The third-order valence-corrected chi connectivity index (χ3v) is 5.00. The summed E-state index contributed by atoms with van der Waals surface area (Å²) in [5.74, 6) is -0.691. The molecule has 0 heterocycles. The molecule has 0 bridgehead atoms. The number of rotatable bonds is 7. The molecular formula is C12H17NO6S2. The van der Waals surface area contributed by atoms with E-state index in [0.717, 1.165) is 6.26 Å². The molecule has 118 valence electrons. The van der Waals surface area contributed by atoms with Crippen molar-refractivity contribution in [3.8, 4) is 0 Å².